The molecule has 0 spiro atoms. The molecule has 0 fully saturated rings. The molecule has 0 aromatic rings. The van der Waals surface area contributed by atoms with Crippen molar-refractivity contribution in [2.45, 2.75) is 26.4 Å². The summed E-state index contributed by atoms with van der Waals surface area (Å²) < 4.78 is 10.1. The van der Waals surface area contributed by atoms with Crippen LogP contribution in [-0.4, -0.2) is 25.3 Å². The van der Waals surface area contributed by atoms with Crippen LogP contribution in [0, 0.1) is 0 Å². The highest BCUT2D eigenvalue weighted by molar-refractivity contribution is 5.75. The smallest absolute Gasteiger partial charge is 0.335 e. The molecule has 0 N–H and O–H groups in total. The van der Waals surface area contributed by atoms with Gasteiger partial charge in [0, 0.05) is 6.42 Å². The topological polar surface area (TPSA) is 35.5 Å². The molecule has 0 saturated heterocycles. The van der Waals surface area contributed by atoms with E-state index >= 15 is 0 Å². The summed E-state index contributed by atoms with van der Waals surface area (Å²) in [5.41, 5.74) is 1.19. The molecule has 0 unspecified atom stereocenters. The van der Waals surface area contributed by atoms with Gasteiger partial charge in [-0.25, -0.2) is 4.79 Å². The molecule has 0 aromatic heterocycles. The second-order valence-electron chi connectivity index (χ2n) is 2.83. The first-order valence-corrected chi connectivity index (χ1v) is 4.18. The van der Waals surface area contributed by atoms with E-state index in [4.69, 9.17) is 9.47 Å². The van der Waals surface area contributed by atoms with Gasteiger partial charge in [0.15, 0.2) is 6.10 Å². The zero-order valence-corrected chi connectivity index (χ0v) is 7.50. The van der Waals surface area contributed by atoms with Crippen molar-refractivity contribution in [2.24, 2.45) is 0 Å². The Morgan fingerprint density at radius 2 is 2.58 bits per heavy atom. The molecule has 0 aliphatic carbocycles. The van der Waals surface area contributed by atoms with Crippen molar-refractivity contribution in [3.63, 3.8) is 0 Å². The van der Waals surface area contributed by atoms with E-state index in [9.17, 15) is 4.79 Å². The maximum Gasteiger partial charge on any atom is 0.335 e. The fourth-order valence-electron chi connectivity index (χ4n) is 1.13. The summed E-state index contributed by atoms with van der Waals surface area (Å²) in [4.78, 5) is 11.2. The summed E-state index contributed by atoms with van der Waals surface area (Å²) >= 11 is 0. The highest BCUT2D eigenvalue weighted by atomic mass is 16.6. The largest absolute Gasteiger partial charge is 0.464 e. The van der Waals surface area contributed by atoms with Crippen molar-refractivity contribution >= 4 is 5.97 Å². The fourth-order valence-corrected chi connectivity index (χ4v) is 1.13. The van der Waals surface area contributed by atoms with Crippen LogP contribution in [0.1, 0.15) is 20.3 Å². The summed E-state index contributed by atoms with van der Waals surface area (Å²) in [6.07, 6.45) is 2.27. The predicted octanol–water partition coefficient (Wildman–Crippen LogP) is 1.28. The average Bonchev–Trinajstić information content (AvgIpc) is 2.05. The van der Waals surface area contributed by atoms with Gasteiger partial charge >= 0.3 is 5.97 Å². The predicted molar refractivity (Wildman–Crippen MR) is 44.7 cm³/mol. The van der Waals surface area contributed by atoms with Crippen molar-refractivity contribution in [3.05, 3.63) is 11.6 Å². The Kier molecular flexibility index (Phi) is 3.29. The zero-order chi connectivity index (χ0) is 8.97. The van der Waals surface area contributed by atoms with Crippen LogP contribution in [-0.2, 0) is 14.3 Å². The lowest BCUT2D eigenvalue weighted by Crippen LogP contribution is -2.29. The van der Waals surface area contributed by atoms with E-state index in [1.807, 2.05) is 13.0 Å². The summed E-state index contributed by atoms with van der Waals surface area (Å²) in [6.45, 7) is 4.73. The third kappa shape index (κ3) is 2.34. The molecule has 1 atom stereocenters. The Morgan fingerprint density at radius 3 is 3.17 bits per heavy atom. The number of ether oxygens (including phenoxy) is 2. The van der Waals surface area contributed by atoms with Crippen LogP contribution in [0.25, 0.3) is 0 Å². The SMILES string of the molecule is CCOC(=O)[C@H]1CC(C)=CCO1. The van der Waals surface area contributed by atoms with E-state index in [1.165, 1.54) is 5.57 Å². The molecule has 0 bridgehead atoms. The van der Waals surface area contributed by atoms with Crippen LogP contribution in [0.15, 0.2) is 11.6 Å². The van der Waals surface area contributed by atoms with Crippen LogP contribution in [0.3, 0.4) is 0 Å². The van der Waals surface area contributed by atoms with E-state index in [0.29, 0.717) is 19.6 Å². The van der Waals surface area contributed by atoms with Crippen molar-refractivity contribution in [3.8, 4) is 0 Å². The number of hydrogen-bond donors (Lipinski definition) is 0. The van der Waals surface area contributed by atoms with E-state index in [0.717, 1.165) is 0 Å². The van der Waals surface area contributed by atoms with E-state index in [-0.39, 0.29) is 12.1 Å². The van der Waals surface area contributed by atoms with Crippen molar-refractivity contribution in [2.75, 3.05) is 13.2 Å². The molecule has 1 aliphatic rings. The third-order valence-corrected chi connectivity index (χ3v) is 1.79. The quantitative estimate of drug-likeness (QED) is 0.462. The van der Waals surface area contributed by atoms with Crippen LogP contribution < -0.4 is 0 Å². The van der Waals surface area contributed by atoms with Crippen molar-refractivity contribution in [1.82, 2.24) is 0 Å². The minimum absolute atomic E-state index is 0.245. The minimum Gasteiger partial charge on any atom is -0.464 e. The van der Waals surface area contributed by atoms with Gasteiger partial charge in [0.1, 0.15) is 0 Å². The normalized spacial score (nSPS) is 23.2. The molecular weight excluding hydrogens is 156 g/mol. The lowest BCUT2D eigenvalue weighted by atomic mass is 10.1. The molecule has 0 saturated carbocycles. The molecule has 3 nitrogen and oxygen atoms in total. The molecule has 68 valence electrons. The first-order chi connectivity index (χ1) is 5.74. The van der Waals surface area contributed by atoms with E-state index in [2.05, 4.69) is 0 Å². The lowest BCUT2D eigenvalue weighted by Gasteiger charge is -2.19. The third-order valence-electron chi connectivity index (χ3n) is 1.79. The van der Waals surface area contributed by atoms with Crippen molar-refractivity contribution < 1.29 is 14.3 Å². The fraction of sp³-hybridized carbons (Fsp3) is 0.667. The summed E-state index contributed by atoms with van der Waals surface area (Å²) in [5, 5.41) is 0. The first-order valence-electron chi connectivity index (χ1n) is 4.18. The maximum atomic E-state index is 11.2. The molecule has 0 amide bonds. The number of carbonyl (C=O) groups is 1. The van der Waals surface area contributed by atoms with Gasteiger partial charge in [0.05, 0.1) is 13.2 Å². The molecular formula is C9H14O3. The lowest BCUT2D eigenvalue weighted by molar-refractivity contribution is -0.156. The maximum absolute atomic E-state index is 11.2. The average molecular weight is 170 g/mol. The molecule has 1 aliphatic heterocycles. The number of hydrogen-bond acceptors (Lipinski definition) is 3. The summed E-state index contributed by atoms with van der Waals surface area (Å²) in [6, 6.07) is 0. The van der Waals surface area contributed by atoms with Crippen LogP contribution >= 0.6 is 0 Å². The molecule has 1 rings (SSSR count). The molecule has 1 heterocycles. The van der Waals surface area contributed by atoms with E-state index < -0.39 is 0 Å². The highest BCUT2D eigenvalue weighted by Gasteiger charge is 2.22. The highest BCUT2D eigenvalue weighted by Crippen LogP contribution is 2.14. The summed E-state index contributed by atoms with van der Waals surface area (Å²) in [7, 11) is 0. The second-order valence-corrected chi connectivity index (χ2v) is 2.83. The van der Waals surface area contributed by atoms with Gasteiger partial charge in [0.2, 0.25) is 0 Å². The Bertz CT molecular complexity index is 196. The van der Waals surface area contributed by atoms with Gasteiger partial charge in [0.25, 0.3) is 0 Å². The first kappa shape index (κ1) is 9.26. The van der Waals surface area contributed by atoms with Gasteiger partial charge in [-0.2, -0.15) is 0 Å². The van der Waals surface area contributed by atoms with E-state index in [1.54, 1.807) is 6.92 Å². The van der Waals surface area contributed by atoms with Gasteiger partial charge in [-0.3, -0.25) is 0 Å². The Labute approximate surface area is 72.4 Å². The van der Waals surface area contributed by atoms with Crippen LogP contribution in [0.4, 0.5) is 0 Å². The number of carbonyl (C=O) groups excluding carboxylic acids is 1. The van der Waals surface area contributed by atoms with Crippen LogP contribution in [0.2, 0.25) is 0 Å². The molecule has 0 radical (unpaired) electrons. The standard InChI is InChI=1S/C9H14O3/c1-3-11-9(10)8-6-7(2)4-5-12-8/h4,8H,3,5-6H2,1-2H3/t8-/m1/s1. The van der Waals surface area contributed by atoms with Gasteiger partial charge in [-0.15, -0.1) is 0 Å². The Morgan fingerprint density at radius 1 is 1.83 bits per heavy atom. The molecule has 3 heteroatoms. The summed E-state index contributed by atoms with van der Waals surface area (Å²) in [5.74, 6) is -0.245. The second kappa shape index (κ2) is 4.26. The van der Waals surface area contributed by atoms with Gasteiger partial charge < -0.3 is 9.47 Å². The Balaban J connectivity index is 2.43. The van der Waals surface area contributed by atoms with Gasteiger partial charge in [-0.1, -0.05) is 11.6 Å². The molecule has 0 aromatic carbocycles. The number of rotatable bonds is 2. The minimum atomic E-state index is -0.380. The molecule has 12 heavy (non-hydrogen) atoms. The Hall–Kier alpha value is -0.830. The number of esters is 1. The zero-order valence-electron chi connectivity index (χ0n) is 7.50. The van der Waals surface area contributed by atoms with Gasteiger partial charge in [-0.05, 0) is 13.8 Å². The van der Waals surface area contributed by atoms with Crippen LogP contribution in [0.5, 0.6) is 0 Å². The monoisotopic (exact) mass is 170 g/mol. The van der Waals surface area contributed by atoms with Crippen molar-refractivity contribution in [1.29, 1.82) is 0 Å².